The zero-order valence-corrected chi connectivity index (χ0v) is 20.8. The average molecular weight is 485 g/mol. The standard InChI is InChI=1S/C26H32N2O5S/c1-18-14-19(2)16-28(15-18)34(31,32)24-10-8-22(9-11-24)26(30)33-20(3)25(29)27-13-12-21-6-4-5-7-23(21)17-27/h4-11,18-20H,12-17H2,1-3H3. The minimum atomic E-state index is -3.63. The summed E-state index contributed by atoms with van der Waals surface area (Å²) in [4.78, 5) is 27.3. The number of ether oxygens (including phenoxy) is 1. The smallest absolute Gasteiger partial charge is 0.338 e. The summed E-state index contributed by atoms with van der Waals surface area (Å²) in [6.07, 6.45) is 0.850. The lowest BCUT2D eigenvalue weighted by molar-refractivity contribution is -0.140. The number of fused-ring (bicyclic) bond motifs is 1. The minimum absolute atomic E-state index is 0.154. The first-order valence-electron chi connectivity index (χ1n) is 11.8. The van der Waals surface area contributed by atoms with Crippen LogP contribution in [0.4, 0.5) is 0 Å². The molecule has 2 aliphatic rings. The van der Waals surface area contributed by atoms with Crippen LogP contribution in [-0.2, 0) is 32.5 Å². The molecule has 1 saturated heterocycles. The summed E-state index contributed by atoms with van der Waals surface area (Å²) in [5.41, 5.74) is 2.55. The van der Waals surface area contributed by atoms with Gasteiger partial charge in [-0.05, 0) is 67.0 Å². The Labute approximate surface area is 201 Å². The topological polar surface area (TPSA) is 84.0 Å². The molecule has 0 bridgehead atoms. The minimum Gasteiger partial charge on any atom is -0.449 e. The summed E-state index contributed by atoms with van der Waals surface area (Å²) in [5, 5.41) is 0. The fourth-order valence-corrected chi connectivity index (χ4v) is 6.61. The van der Waals surface area contributed by atoms with E-state index in [1.54, 1.807) is 11.8 Å². The maximum absolute atomic E-state index is 13.0. The van der Waals surface area contributed by atoms with Gasteiger partial charge in [0.15, 0.2) is 6.10 Å². The van der Waals surface area contributed by atoms with Crippen molar-refractivity contribution in [2.45, 2.75) is 51.2 Å². The van der Waals surface area contributed by atoms with E-state index in [0.717, 1.165) is 18.4 Å². The van der Waals surface area contributed by atoms with Gasteiger partial charge < -0.3 is 9.64 Å². The fraction of sp³-hybridized carbons (Fsp3) is 0.462. The third-order valence-electron chi connectivity index (χ3n) is 6.64. The molecular formula is C26H32N2O5S. The Morgan fingerprint density at radius 2 is 1.59 bits per heavy atom. The van der Waals surface area contributed by atoms with E-state index in [9.17, 15) is 18.0 Å². The van der Waals surface area contributed by atoms with Crippen molar-refractivity contribution < 1.29 is 22.7 Å². The van der Waals surface area contributed by atoms with Gasteiger partial charge in [-0.3, -0.25) is 4.79 Å². The molecule has 7 nitrogen and oxygen atoms in total. The second-order valence-corrected chi connectivity index (χ2v) is 11.6. The van der Waals surface area contributed by atoms with Gasteiger partial charge in [0.25, 0.3) is 5.91 Å². The fourth-order valence-electron chi connectivity index (χ4n) is 4.93. The zero-order chi connectivity index (χ0) is 24.5. The monoisotopic (exact) mass is 484 g/mol. The molecule has 0 N–H and O–H groups in total. The first kappa shape index (κ1) is 24.4. The van der Waals surface area contributed by atoms with Crippen LogP contribution >= 0.6 is 0 Å². The van der Waals surface area contributed by atoms with E-state index in [4.69, 9.17) is 4.74 Å². The molecule has 3 atom stereocenters. The van der Waals surface area contributed by atoms with Crippen molar-refractivity contribution in [2.75, 3.05) is 19.6 Å². The Bertz CT molecular complexity index is 1150. The number of amides is 1. The van der Waals surface area contributed by atoms with Crippen molar-refractivity contribution in [2.24, 2.45) is 11.8 Å². The molecule has 4 rings (SSSR count). The highest BCUT2D eigenvalue weighted by atomic mass is 32.2. The number of sulfonamides is 1. The highest BCUT2D eigenvalue weighted by molar-refractivity contribution is 7.89. The van der Waals surface area contributed by atoms with Crippen molar-refractivity contribution in [1.29, 1.82) is 0 Å². The van der Waals surface area contributed by atoms with Crippen molar-refractivity contribution >= 4 is 21.9 Å². The Morgan fingerprint density at radius 1 is 0.971 bits per heavy atom. The number of rotatable bonds is 5. The largest absolute Gasteiger partial charge is 0.449 e. The summed E-state index contributed by atoms with van der Waals surface area (Å²) in [7, 11) is -3.63. The molecule has 2 aliphatic heterocycles. The van der Waals surface area contributed by atoms with Crippen LogP contribution in [0.15, 0.2) is 53.4 Å². The number of carbonyl (C=O) groups is 2. The molecule has 8 heteroatoms. The van der Waals surface area contributed by atoms with E-state index in [2.05, 4.69) is 19.9 Å². The predicted octanol–water partition coefficient (Wildman–Crippen LogP) is 3.48. The van der Waals surface area contributed by atoms with Crippen molar-refractivity contribution in [3.8, 4) is 0 Å². The maximum Gasteiger partial charge on any atom is 0.338 e. The third-order valence-corrected chi connectivity index (χ3v) is 8.48. The quantitative estimate of drug-likeness (QED) is 0.607. The number of esters is 1. The number of hydrogen-bond donors (Lipinski definition) is 0. The first-order valence-corrected chi connectivity index (χ1v) is 13.3. The maximum atomic E-state index is 13.0. The van der Waals surface area contributed by atoms with Crippen LogP contribution in [0.1, 0.15) is 48.7 Å². The van der Waals surface area contributed by atoms with Crippen LogP contribution in [0.25, 0.3) is 0 Å². The number of hydrogen-bond acceptors (Lipinski definition) is 5. The predicted molar refractivity (Wildman–Crippen MR) is 129 cm³/mol. The third kappa shape index (κ3) is 5.18. The number of carbonyl (C=O) groups excluding carboxylic acids is 2. The van der Waals surface area contributed by atoms with E-state index in [1.807, 2.05) is 18.2 Å². The molecule has 34 heavy (non-hydrogen) atoms. The molecule has 0 radical (unpaired) electrons. The summed E-state index contributed by atoms with van der Waals surface area (Å²) < 4.78 is 33.0. The molecule has 2 aromatic rings. The molecule has 0 spiro atoms. The molecule has 2 heterocycles. The first-order chi connectivity index (χ1) is 16.1. The molecule has 1 amide bonds. The van der Waals surface area contributed by atoms with Crippen LogP contribution in [0.3, 0.4) is 0 Å². The summed E-state index contributed by atoms with van der Waals surface area (Å²) in [5.74, 6) is -0.279. The zero-order valence-electron chi connectivity index (χ0n) is 19.9. The van der Waals surface area contributed by atoms with Gasteiger partial charge in [0.2, 0.25) is 10.0 Å². The summed E-state index contributed by atoms with van der Waals surface area (Å²) >= 11 is 0. The normalized spacial score (nSPS) is 22.0. The van der Waals surface area contributed by atoms with Gasteiger partial charge in [0, 0.05) is 26.2 Å². The summed E-state index contributed by atoms with van der Waals surface area (Å²) in [6.45, 7) is 7.76. The van der Waals surface area contributed by atoms with E-state index in [0.29, 0.717) is 38.0 Å². The number of piperidine rings is 1. The van der Waals surface area contributed by atoms with Gasteiger partial charge in [-0.2, -0.15) is 4.31 Å². The molecule has 2 aromatic carbocycles. The Morgan fingerprint density at radius 3 is 2.24 bits per heavy atom. The lowest BCUT2D eigenvalue weighted by Crippen LogP contribution is -2.42. The second-order valence-electron chi connectivity index (χ2n) is 9.62. The van der Waals surface area contributed by atoms with Crippen molar-refractivity contribution in [3.05, 3.63) is 65.2 Å². The van der Waals surface area contributed by atoms with Gasteiger partial charge in [0.1, 0.15) is 0 Å². The molecule has 3 unspecified atom stereocenters. The van der Waals surface area contributed by atoms with Gasteiger partial charge in [-0.15, -0.1) is 0 Å². The van der Waals surface area contributed by atoms with E-state index in [1.165, 1.54) is 34.1 Å². The molecule has 0 aromatic heterocycles. The van der Waals surface area contributed by atoms with Crippen LogP contribution in [0.5, 0.6) is 0 Å². The highest BCUT2D eigenvalue weighted by Gasteiger charge is 2.32. The average Bonchev–Trinajstić information content (AvgIpc) is 2.82. The van der Waals surface area contributed by atoms with Gasteiger partial charge >= 0.3 is 5.97 Å². The SMILES string of the molecule is CC1CC(C)CN(S(=O)(=O)c2ccc(C(=O)OC(C)C(=O)N3CCc4ccccc4C3)cc2)C1. The van der Waals surface area contributed by atoms with Crippen LogP contribution < -0.4 is 0 Å². The highest BCUT2D eigenvalue weighted by Crippen LogP contribution is 2.27. The Hall–Kier alpha value is -2.71. The van der Waals surface area contributed by atoms with E-state index in [-0.39, 0.29) is 16.4 Å². The van der Waals surface area contributed by atoms with Crippen molar-refractivity contribution in [1.82, 2.24) is 9.21 Å². The number of nitrogens with zero attached hydrogens (tertiary/aromatic N) is 2. The molecule has 182 valence electrons. The van der Waals surface area contributed by atoms with Gasteiger partial charge in [0.05, 0.1) is 10.5 Å². The second kappa shape index (κ2) is 9.88. The Kier molecular flexibility index (Phi) is 7.09. The lowest BCUT2D eigenvalue weighted by atomic mass is 9.94. The van der Waals surface area contributed by atoms with Gasteiger partial charge in [-0.1, -0.05) is 38.1 Å². The Balaban J connectivity index is 1.38. The molecular weight excluding hydrogens is 452 g/mol. The van der Waals surface area contributed by atoms with E-state index < -0.39 is 22.1 Å². The van der Waals surface area contributed by atoms with Crippen LogP contribution in [0, 0.1) is 11.8 Å². The van der Waals surface area contributed by atoms with Crippen LogP contribution in [-0.4, -0.2) is 55.2 Å². The summed E-state index contributed by atoms with van der Waals surface area (Å²) in [6, 6.07) is 13.8. The molecule has 0 saturated carbocycles. The van der Waals surface area contributed by atoms with Crippen molar-refractivity contribution in [3.63, 3.8) is 0 Å². The number of benzene rings is 2. The lowest BCUT2D eigenvalue weighted by Gasteiger charge is -2.34. The van der Waals surface area contributed by atoms with Gasteiger partial charge in [-0.25, -0.2) is 13.2 Å². The van der Waals surface area contributed by atoms with E-state index >= 15 is 0 Å². The van der Waals surface area contributed by atoms with Crippen LogP contribution in [0.2, 0.25) is 0 Å². The molecule has 1 fully saturated rings. The molecule has 0 aliphatic carbocycles.